The number of anilines is 1. The summed E-state index contributed by atoms with van der Waals surface area (Å²) in [5.74, 6) is -6.98. The summed E-state index contributed by atoms with van der Waals surface area (Å²) >= 11 is 5.97. The second kappa shape index (κ2) is 7.68. The standard InChI is InChI=1S/C18H17ClF3N5O3S/c1-8-4-9(19)15(24-6-8)16(28)25-11-5-10(20)13(21)12(14(11)22)18(2)7-31(29,30)27(3)17(23)26-18/h4-6H,7H2,1-3H3,(H2,23,26)(H,25,28)/t18-/m0/s1. The van der Waals surface area contributed by atoms with Crippen LogP contribution in [0.2, 0.25) is 5.02 Å². The molecule has 13 heteroatoms. The van der Waals surface area contributed by atoms with Gasteiger partial charge in [-0.3, -0.25) is 4.79 Å². The zero-order chi connectivity index (χ0) is 23.3. The summed E-state index contributed by atoms with van der Waals surface area (Å²) in [5.41, 5.74) is 2.15. The number of carbonyl (C=O) groups is 1. The van der Waals surface area contributed by atoms with Crippen LogP contribution in [0.4, 0.5) is 18.9 Å². The van der Waals surface area contributed by atoms with Crippen LogP contribution >= 0.6 is 11.6 Å². The van der Waals surface area contributed by atoms with Crippen LogP contribution in [0.15, 0.2) is 23.3 Å². The highest BCUT2D eigenvalue weighted by Gasteiger charge is 2.44. The fraction of sp³-hybridized carbons (Fsp3) is 0.278. The highest BCUT2D eigenvalue weighted by Crippen LogP contribution is 2.38. The van der Waals surface area contributed by atoms with Gasteiger partial charge >= 0.3 is 0 Å². The second-order valence-electron chi connectivity index (χ2n) is 7.17. The molecule has 1 aliphatic rings. The molecule has 1 aromatic heterocycles. The fourth-order valence-electron chi connectivity index (χ4n) is 3.13. The van der Waals surface area contributed by atoms with Gasteiger partial charge in [0.15, 0.2) is 17.5 Å². The van der Waals surface area contributed by atoms with Crippen LogP contribution in [-0.4, -0.2) is 42.4 Å². The number of sulfonamides is 1. The second-order valence-corrected chi connectivity index (χ2v) is 9.58. The number of pyridine rings is 1. The lowest BCUT2D eigenvalue weighted by molar-refractivity contribution is 0.102. The lowest BCUT2D eigenvalue weighted by Crippen LogP contribution is -2.50. The predicted octanol–water partition coefficient (Wildman–Crippen LogP) is 2.52. The fourth-order valence-corrected chi connectivity index (χ4v) is 4.87. The van der Waals surface area contributed by atoms with Crippen LogP contribution in [0.3, 0.4) is 0 Å². The molecule has 1 atom stereocenters. The number of halogens is 4. The Hall–Kier alpha value is -2.86. The third-order valence-corrected chi connectivity index (χ3v) is 6.94. The monoisotopic (exact) mass is 475 g/mol. The van der Waals surface area contributed by atoms with Crippen LogP contribution in [0.1, 0.15) is 28.5 Å². The molecule has 31 heavy (non-hydrogen) atoms. The molecule has 1 aromatic carbocycles. The molecule has 1 aliphatic heterocycles. The van der Waals surface area contributed by atoms with Crippen molar-refractivity contribution in [3.05, 3.63) is 57.6 Å². The number of rotatable bonds is 3. The van der Waals surface area contributed by atoms with Gasteiger partial charge < -0.3 is 11.1 Å². The Bertz CT molecular complexity index is 1240. The number of carbonyl (C=O) groups excluding carboxylic acids is 1. The quantitative estimate of drug-likeness (QED) is 0.661. The van der Waals surface area contributed by atoms with Gasteiger partial charge in [-0.25, -0.2) is 35.9 Å². The normalized spacial score (nSPS) is 20.4. The van der Waals surface area contributed by atoms with Crippen molar-refractivity contribution >= 4 is 39.2 Å². The molecule has 0 radical (unpaired) electrons. The summed E-state index contributed by atoms with van der Waals surface area (Å²) in [6.07, 6.45) is 1.34. The number of nitrogens with one attached hydrogen (secondary N) is 1. The molecule has 3 rings (SSSR count). The number of hydrogen-bond donors (Lipinski definition) is 2. The van der Waals surface area contributed by atoms with E-state index in [0.29, 0.717) is 15.9 Å². The molecule has 2 heterocycles. The molecule has 0 saturated heterocycles. The van der Waals surface area contributed by atoms with E-state index in [0.717, 1.165) is 14.0 Å². The van der Waals surface area contributed by atoms with Crippen LogP contribution in [0.25, 0.3) is 0 Å². The first-order valence-electron chi connectivity index (χ1n) is 8.70. The Morgan fingerprint density at radius 1 is 1.29 bits per heavy atom. The van der Waals surface area contributed by atoms with Crippen LogP contribution in [0.5, 0.6) is 0 Å². The summed E-state index contributed by atoms with van der Waals surface area (Å²) in [7, 11) is -2.97. The largest absolute Gasteiger partial charge is 0.369 e. The minimum Gasteiger partial charge on any atom is -0.369 e. The van der Waals surface area contributed by atoms with Gasteiger partial charge in [0.1, 0.15) is 11.2 Å². The minimum absolute atomic E-state index is 0.0357. The summed E-state index contributed by atoms with van der Waals surface area (Å²) in [5, 5.41) is 2.05. The molecule has 2 aromatic rings. The van der Waals surface area contributed by atoms with E-state index in [1.165, 1.54) is 12.3 Å². The molecule has 0 aliphatic carbocycles. The minimum atomic E-state index is -4.09. The molecule has 8 nitrogen and oxygen atoms in total. The number of hydrogen-bond acceptors (Lipinski definition) is 6. The highest BCUT2D eigenvalue weighted by atomic mass is 35.5. The lowest BCUT2D eigenvalue weighted by atomic mass is 9.92. The number of aromatic nitrogens is 1. The van der Waals surface area contributed by atoms with Crippen molar-refractivity contribution in [2.75, 3.05) is 18.1 Å². The smallest absolute Gasteiger partial charge is 0.275 e. The zero-order valence-electron chi connectivity index (χ0n) is 16.5. The lowest BCUT2D eigenvalue weighted by Gasteiger charge is -2.35. The summed E-state index contributed by atoms with van der Waals surface area (Å²) in [6.45, 7) is 2.78. The van der Waals surface area contributed by atoms with Gasteiger partial charge in [-0.05, 0) is 25.5 Å². The van der Waals surface area contributed by atoms with Gasteiger partial charge in [0.05, 0.1) is 22.0 Å². The van der Waals surface area contributed by atoms with E-state index in [-0.39, 0.29) is 10.7 Å². The van der Waals surface area contributed by atoms with E-state index in [9.17, 15) is 22.0 Å². The Kier molecular flexibility index (Phi) is 5.65. The number of benzene rings is 1. The van der Waals surface area contributed by atoms with Crippen molar-refractivity contribution in [1.82, 2.24) is 9.29 Å². The Morgan fingerprint density at radius 2 is 1.94 bits per heavy atom. The third kappa shape index (κ3) is 4.04. The number of nitrogens with two attached hydrogens (primary N) is 1. The first-order valence-corrected chi connectivity index (χ1v) is 10.7. The molecular weight excluding hydrogens is 459 g/mol. The van der Waals surface area contributed by atoms with E-state index in [1.807, 2.05) is 0 Å². The first-order chi connectivity index (χ1) is 14.3. The molecule has 0 spiro atoms. The Balaban J connectivity index is 2.12. The van der Waals surface area contributed by atoms with E-state index in [2.05, 4.69) is 15.3 Å². The van der Waals surface area contributed by atoms with Gasteiger partial charge in [0.2, 0.25) is 16.0 Å². The van der Waals surface area contributed by atoms with Crippen LogP contribution in [-0.2, 0) is 15.6 Å². The van der Waals surface area contributed by atoms with Crippen molar-refractivity contribution < 1.29 is 26.4 Å². The SMILES string of the molecule is Cc1cnc(C(=O)Nc2cc(F)c(F)c([C@]3(C)CS(=O)(=O)N(C)C(N)=N3)c2F)c(Cl)c1. The predicted molar refractivity (Wildman–Crippen MR) is 109 cm³/mol. The average Bonchev–Trinajstić information content (AvgIpc) is 2.63. The molecule has 0 bridgehead atoms. The molecule has 0 fully saturated rings. The van der Waals surface area contributed by atoms with Gasteiger partial charge in [0.25, 0.3) is 5.91 Å². The molecule has 3 N–H and O–H groups in total. The maximum Gasteiger partial charge on any atom is 0.275 e. The molecular formula is C18H17ClF3N5O3S. The van der Waals surface area contributed by atoms with E-state index in [1.54, 1.807) is 6.92 Å². The van der Waals surface area contributed by atoms with E-state index < -0.39 is 61.9 Å². The van der Waals surface area contributed by atoms with Crippen molar-refractivity contribution in [3.8, 4) is 0 Å². The number of amides is 1. The topological polar surface area (TPSA) is 118 Å². The molecule has 166 valence electrons. The summed E-state index contributed by atoms with van der Waals surface area (Å²) < 4.78 is 69.5. The highest BCUT2D eigenvalue weighted by molar-refractivity contribution is 7.89. The Morgan fingerprint density at radius 3 is 2.52 bits per heavy atom. The molecule has 0 saturated carbocycles. The first kappa shape index (κ1) is 22.8. The number of nitrogens with zero attached hydrogens (tertiary/aromatic N) is 3. The summed E-state index contributed by atoms with van der Waals surface area (Å²) in [6, 6.07) is 1.87. The van der Waals surface area contributed by atoms with Crippen molar-refractivity contribution in [1.29, 1.82) is 0 Å². The van der Waals surface area contributed by atoms with Crippen molar-refractivity contribution in [2.45, 2.75) is 19.4 Å². The number of guanidine groups is 1. The van der Waals surface area contributed by atoms with E-state index >= 15 is 4.39 Å². The van der Waals surface area contributed by atoms with Gasteiger partial charge in [0, 0.05) is 19.3 Å². The van der Waals surface area contributed by atoms with Gasteiger partial charge in [-0.1, -0.05) is 11.6 Å². The van der Waals surface area contributed by atoms with E-state index in [4.69, 9.17) is 17.3 Å². The molecule has 0 unspecified atom stereocenters. The maximum atomic E-state index is 15.3. The average molecular weight is 476 g/mol. The maximum absolute atomic E-state index is 15.3. The zero-order valence-corrected chi connectivity index (χ0v) is 18.1. The van der Waals surface area contributed by atoms with Crippen LogP contribution in [0, 0.1) is 24.4 Å². The van der Waals surface area contributed by atoms with Gasteiger partial charge in [-0.15, -0.1) is 0 Å². The third-order valence-electron chi connectivity index (χ3n) is 4.70. The molecule has 1 amide bonds. The van der Waals surface area contributed by atoms with Crippen molar-refractivity contribution in [3.63, 3.8) is 0 Å². The number of aryl methyl sites for hydroxylation is 1. The Labute approximate surface area is 181 Å². The number of aliphatic imine (C=N–C) groups is 1. The van der Waals surface area contributed by atoms with Gasteiger partial charge in [-0.2, -0.15) is 0 Å². The van der Waals surface area contributed by atoms with Crippen LogP contribution < -0.4 is 11.1 Å². The van der Waals surface area contributed by atoms with Crippen molar-refractivity contribution in [2.24, 2.45) is 10.7 Å². The summed E-state index contributed by atoms with van der Waals surface area (Å²) in [4.78, 5) is 20.2.